The van der Waals surface area contributed by atoms with Gasteiger partial charge in [-0.2, -0.15) is 0 Å². The lowest BCUT2D eigenvalue weighted by molar-refractivity contribution is -0.153. The summed E-state index contributed by atoms with van der Waals surface area (Å²) in [4.78, 5) is 13.8. The van der Waals surface area contributed by atoms with E-state index in [9.17, 15) is 4.79 Å². The van der Waals surface area contributed by atoms with Crippen molar-refractivity contribution in [3.8, 4) is 0 Å². The van der Waals surface area contributed by atoms with Gasteiger partial charge in [-0.1, -0.05) is 27.7 Å². The standard InChI is InChI=1S/C15H31NO2/c1-8-13(15(3,4)5)12(2)18-14(17)10-9-11-16(6)7/h12-13H,8-11H2,1-7H3. The Labute approximate surface area is 113 Å². The first kappa shape index (κ1) is 17.4. The minimum absolute atomic E-state index is 0.00172. The number of hydrogen-bond acceptors (Lipinski definition) is 3. The second-order valence-corrected chi connectivity index (χ2v) is 6.48. The molecule has 0 aliphatic rings. The predicted molar refractivity (Wildman–Crippen MR) is 76.6 cm³/mol. The molecule has 0 amide bonds. The van der Waals surface area contributed by atoms with Crippen molar-refractivity contribution in [3.05, 3.63) is 0 Å². The Morgan fingerprint density at radius 3 is 2.22 bits per heavy atom. The number of carbonyl (C=O) groups is 1. The van der Waals surface area contributed by atoms with Crippen LogP contribution in [0.3, 0.4) is 0 Å². The number of carbonyl (C=O) groups excluding carboxylic acids is 1. The molecule has 3 nitrogen and oxygen atoms in total. The average Bonchev–Trinajstić information content (AvgIpc) is 2.14. The van der Waals surface area contributed by atoms with Crippen LogP contribution >= 0.6 is 0 Å². The maximum atomic E-state index is 11.7. The highest BCUT2D eigenvalue weighted by Gasteiger charge is 2.30. The fourth-order valence-electron chi connectivity index (χ4n) is 2.54. The molecular weight excluding hydrogens is 226 g/mol. The Hall–Kier alpha value is -0.570. The Bertz CT molecular complexity index is 243. The van der Waals surface area contributed by atoms with Crippen LogP contribution < -0.4 is 0 Å². The van der Waals surface area contributed by atoms with Gasteiger partial charge in [0.15, 0.2) is 0 Å². The van der Waals surface area contributed by atoms with Crippen LogP contribution in [0.4, 0.5) is 0 Å². The van der Waals surface area contributed by atoms with Crippen molar-refractivity contribution < 1.29 is 9.53 Å². The summed E-state index contributed by atoms with van der Waals surface area (Å²) in [5.74, 6) is 0.349. The van der Waals surface area contributed by atoms with Crippen LogP contribution in [0.1, 0.15) is 53.9 Å². The first-order valence-corrected chi connectivity index (χ1v) is 7.02. The fourth-order valence-corrected chi connectivity index (χ4v) is 2.54. The van der Waals surface area contributed by atoms with Crippen LogP contribution in [-0.4, -0.2) is 37.6 Å². The van der Waals surface area contributed by atoms with Crippen LogP contribution in [0, 0.1) is 11.3 Å². The van der Waals surface area contributed by atoms with Gasteiger partial charge < -0.3 is 9.64 Å². The van der Waals surface area contributed by atoms with Crippen molar-refractivity contribution >= 4 is 5.97 Å². The number of rotatable bonds is 7. The summed E-state index contributed by atoms with van der Waals surface area (Å²) in [6, 6.07) is 0. The van der Waals surface area contributed by atoms with Gasteiger partial charge in [0.1, 0.15) is 6.10 Å². The van der Waals surface area contributed by atoms with Gasteiger partial charge in [0.2, 0.25) is 0 Å². The second-order valence-electron chi connectivity index (χ2n) is 6.48. The third kappa shape index (κ3) is 7.00. The molecule has 18 heavy (non-hydrogen) atoms. The van der Waals surface area contributed by atoms with Crippen LogP contribution in [0.25, 0.3) is 0 Å². The second kappa shape index (κ2) is 7.78. The zero-order valence-electron chi connectivity index (χ0n) is 13.2. The first-order valence-electron chi connectivity index (χ1n) is 7.02. The van der Waals surface area contributed by atoms with Gasteiger partial charge in [0, 0.05) is 12.3 Å². The molecule has 0 aliphatic heterocycles. The maximum Gasteiger partial charge on any atom is 0.306 e. The van der Waals surface area contributed by atoms with E-state index < -0.39 is 0 Å². The van der Waals surface area contributed by atoms with Crippen molar-refractivity contribution in [1.82, 2.24) is 4.90 Å². The topological polar surface area (TPSA) is 29.5 Å². The quantitative estimate of drug-likeness (QED) is 0.655. The Morgan fingerprint density at radius 1 is 1.28 bits per heavy atom. The molecule has 0 aromatic carbocycles. The minimum Gasteiger partial charge on any atom is -0.462 e. The molecular formula is C15H31NO2. The summed E-state index contributed by atoms with van der Waals surface area (Å²) < 4.78 is 5.55. The van der Waals surface area contributed by atoms with Gasteiger partial charge in [0.05, 0.1) is 0 Å². The predicted octanol–water partition coefficient (Wildman–Crippen LogP) is 3.33. The molecule has 0 saturated heterocycles. The molecule has 0 radical (unpaired) electrons. The van der Waals surface area contributed by atoms with Crippen LogP contribution in [0.15, 0.2) is 0 Å². The smallest absolute Gasteiger partial charge is 0.306 e. The fraction of sp³-hybridized carbons (Fsp3) is 0.933. The largest absolute Gasteiger partial charge is 0.462 e. The van der Waals surface area contributed by atoms with Crippen molar-refractivity contribution in [2.75, 3.05) is 20.6 Å². The van der Waals surface area contributed by atoms with Gasteiger partial charge in [-0.25, -0.2) is 0 Å². The van der Waals surface area contributed by atoms with Gasteiger partial charge in [0.25, 0.3) is 0 Å². The number of ether oxygens (including phenoxy) is 1. The highest BCUT2D eigenvalue weighted by Crippen LogP contribution is 2.32. The Balaban J connectivity index is 4.13. The molecule has 0 aromatic rings. The van der Waals surface area contributed by atoms with E-state index in [1.54, 1.807) is 0 Å². The van der Waals surface area contributed by atoms with E-state index in [1.165, 1.54) is 0 Å². The number of hydrogen-bond donors (Lipinski definition) is 0. The van der Waals surface area contributed by atoms with Crippen molar-refractivity contribution in [3.63, 3.8) is 0 Å². The lowest BCUT2D eigenvalue weighted by Gasteiger charge is -2.34. The van der Waals surface area contributed by atoms with Gasteiger partial charge >= 0.3 is 5.97 Å². The normalized spacial score (nSPS) is 15.6. The summed E-state index contributed by atoms with van der Waals surface area (Å²) in [5.41, 5.74) is 0.179. The molecule has 108 valence electrons. The van der Waals surface area contributed by atoms with E-state index in [-0.39, 0.29) is 17.5 Å². The summed E-state index contributed by atoms with van der Waals surface area (Å²) in [6.45, 7) is 11.7. The molecule has 0 bridgehead atoms. The van der Waals surface area contributed by atoms with Gasteiger partial charge in [-0.15, -0.1) is 0 Å². The third-order valence-electron chi connectivity index (χ3n) is 3.42. The molecule has 3 heteroatoms. The van der Waals surface area contributed by atoms with Crippen LogP contribution in [0.2, 0.25) is 0 Å². The zero-order valence-corrected chi connectivity index (χ0v) is 13.2. The van der Waals surface area contributed by atoms with E-state index in [1.807, 2.05) is 21.0 Å². The van der Waals surface area contributed by atoms with Crippen LogP contribution in [-0.2, 0) is 9.53 Å². The molecule has 0 rings (SSSR count). The molecule has 0 heterocycles. The molecule has 0 aromatic heterocycles. The molecule has 0 saturated carbocycles. The third-order valence-corrected chi connectivity index (χ3v) is 3.42. The van der Waals surface area contributed by atoms with Gasteiger partial charge in [-0.05, 0) is 45.8 Å². The molecule has 2 atom stereocenters. The summed E-state index contributed by atoms with van der Waals surface area (Å²) in [6.07, 6.45) is 2.42. The lowest BCUT2D eigenvalue weighted by Crippen LogP contribution is -2.33. The molecule has 0 aliphatic carbocycles. The van der Waals surface area contributed by atoms with E-state index in [0.717, 1.165) is 19.4 Å². The first-order chi connectivity index (χ1) is 8.18. The molecule has 2 unspecified atom stereocenters. The van der Waals surface area contributed by atoms with E-state index in [4.69, 9.17) is 4.74 Å². The summed E-state index contributed by atoms with van der Waals surface area (Å²) in [5, 5.41) is 0. The minimum atomic E-state index is -0.0629. The molecule has 0 N–H and O–H groups in total. The SMILES string of the molecule is CCC(C(C)OC(=O)CCCN(C)C)C(C)(C)C. The number of nitrogens with zero attached hydrogens (tertiary/aromatic N) is 1. The highest BCUT2D eigenvalue weighted by atomic mass is 16.5. The molecule has 0 fully saturated rings. The van der Waals surface area contributed by atoms with Gasteiger partial charge in [-0.3, -0.25) is 4.79 Å². The zero-order chi connectivity index (χ0) is 14.3. The molecule has 0 spiro atoms. The van der Waals surface area contributed by atoms with E-state index in [2.05, 4.69) is 32.6 Å². The highest BCUT2D eigenvalue weighted by molar-refractivity contribution is 5.69. The van der Waals surface area contributed by atoms with Crippen molar-refractivity contribution in [2.45, 2.75) is 60.0 Å². The van der Waals surface area contributed by atoms with Crippen molar-refractivity contribution in [1.29, 1.82) is 0 Å². The monoisotopic (exact) mass is 257 g/mol. The summed E-state index contributed by atoms with van der Waals surface area (Å²) >= 11 is 0. The van der Waals surface area contributed by atoms with E-state index in [0.29, 0.717) is 12.3 Å². The van der Waals surface area contributed by atoms with Crippen molar-refractivity contribution in [2.24, 2.45) is 11.3 Å². The maximum absolute atomic E-state index is 11.7. The lowest BCUT2D eigenvalue weighted by atomic mass is 9.76. The summed E-state index contributed by atoms with van der Waals surface area (Å²) in [7, 11) is 4.03. The Kier molecular flexibility index (Phi) is 7.53. The average molecular weight is 257 g/mol. The van der Waals surface area contributed by atoms with Crippen LogP contribution in [0.5, 0.6) is 0 Å². The van der Waals surface area contributed by atoms with E-state index >= 15 is 0 Å². The number of esters is 1. The Morgan fingerprint density at radius 2 is 1.83 bits per heavy atom.